The lowest BCUT2D eigenvalue weighted by Gasteiger charge is -2.00. The second-order valence-electron chi connectivity index (χ2n) is 2.70. The van der Waals surface area contributed by atoms with Gasteiger partial charge in [0.25, 0.3) is 5.56 Å². The van der Waals surface area contributed by atoms with E-state index in [4.69, 9.17) is 0 Å². The van der Waals surface area contributed by atoms with Crippen molar-refractivity contribution in [3.05, 3.63) is 63.6 Å². The van der Waals surface area contributed by atoms with Crippen LogP contribution in [-0.4, -0.2) is 4.57 Å². The lowest BCUT2D eigenvalue weighted by atomic mass is 10.3. The van der Waals surface area contributed by atoms with Crippen molar-refractivity contribution < 1.29 is 4.42 Å². The molecule has 4 heteroatoms. The summed E-state index contributed by atoms with van der Waals surface area (Å²) in [5, 5.41) is 0. The first kappa shape index (κ1) is 8.50. The highest BCUT2D eigenvalue weighted by molar-refractivity contribution is 5.30. The number of benzene rings is 1. The van der Waals surface area contributed by atoms with Gasteiger partial charge in [0, 0.05) is 6.07 Å². The molecule has 0 N–H and O–H groups in total. The summed E-state index contributed by atoms with van der Waals surface area (Å²) in [4.78, 5) is 22.6. The highest BCUT2D eigenvalue weighted by atomic mass is 16.4. The molecule has 0 saturated heterocycles. The Balaban J connectivity index is 2.76. The summed E-state index contributed by atoms with van der Waals surface area (Å²) < 4.78 is 5.57. The molecule has 2 rings (SSSR count). The molecular weight excluding hydrogens is 182 g/mol. The minimum Gasteiger partial charge on any atom is -0.417 e. The van der Waals surface area contributed by atoms with Gasteiger partial charge in [-0.25, -0.2) is 9.36 Å². The molecule has 1 aromatic heterocycles. The highest BCUT2D eigenvalue weighted by Crippen LogP contribution is 1.99. The Hall–Kier alpha value is -2.10. The van der Waals surface area contributed by atoms with Crippen molar-refractivity contribution in [1.29, 1.82) is 0 Å². The molecule has 1 aromatic carbocycles. The molecule has 70 valence electrons. The number of hydrogen-bond acceptors (Lipinski definition) is 3. The molecule has 0 bridgehead atoms. The van der Waals surface area contributed by atoms with Crippen LogP contribution < -0.4 is 11.3 Å². The third kappa shape index (κ3) is 1.37. The minimum absolute atomic E-state index is 0.396. The van der Waals surface area contributed by atoms with Gasteiger partial charge in [0.05, 0.1) is 5.69 Å². The van der Waals surface area contributed by atoms with E-state index in [2.05, 4.69) is 4.42 Å². The third-order valence-electron chi connectivity index (χ3n) is 1.80. The zero-order chi connectivity index (χ0) is 9.97. The molecule has 0 aliphatic rings. The zero-order valence-corrected chi connectivity index (χ0v) is 7.21. The predicted octanol–water partition coefficient (Wildman–Crippen LogP) is 0.791. The summed E-state index contributed by atoms with van der Waals surface area (Å²) in [6, 6.07) is 9.83. The van der Waals surface area contributed by atoms with Gasteiger partial charge in [-0.1, -0.05) is 18.2 Å². The summed E-state index contributed by atoms with van der Waals surface area (Å²) in [6.07, 6.45) is 1.09. The Morgan fingerprint density at radius 2 is 1.71 bits per heavy atom. The fourth-order valence-corrected chi connectivity index (χ4v) is 1.18. The Morgan fingerprint density at radius 3 is 2.36 bits per heavy atom. The molecular formula is C10H7NO3. The molecule has 0 atom stereocenters. The fraction of sp³-hybridized carbons (Fsp3) is 0. The SMILES string of the molecule is O=c1ccoc(=O)n1-c1ccccc1. The number of para-hydroxylation sites is 1. The highest BCUT2D eigenvalue weighted by Gasteiger charge is 2.02. The lowest BCUT2D eigenvalue weighted by molar-refractivity contribution is 0.458. The Morgan fingerprint density at radius 1 is 1.00 bits per heavy atom. The molecule has 0 fully saturated rings. The largest absolute Gasteiger partial charge is 0.426 e. The maximum atomic E-state index is 11.3. The van der Waals surface area contributed by atoms with Crippen molar-refractivity contribution in [2.75, 3.05) is 0 Å². The van der Waals surface area contributed by atoms with E-state index >= 15 is 0 Å². The molecule has 2 aromatic rings. The minimum atomic E-state index is -0.677. The second kappa shape index (κ2) is 3.33. The molecule has 4 nitrogen and oxygen atoms in total. The van der Waals surface area contributed by atoms with Crippen molar-refractivity contribution in [3.63, 3.8) is 0 Å². The van der Waals surface area contributed by atoms with Crippen LogP contribution in [0, 0.1) is 0 Å². The van der Waals surface area contributed by atoms with E-state index < -0.39 is 11.3 Å². The molecule has 14 heavy (non-hydrogen) atoms. The number of hydrogen-bond donors (Lipinski definition) is 0. The molecule has 0 unspecified atom stereocenters. The van der Waals surface area contributed by atoms with Crippen LogP contribution in [0.1, 0.15) is 0 Å². The molecule has 0 radical (unpaired) electrons. The van der Waals surface area contributed by atoms with Crippen LogP contribution in [0.5, 0.6) is 0 Å². The topological polar surface area (TPSA) is 52.2 Å². The molecule has 0 aliphatic carbocycles. The van der Waals surface area contributed by atoms with Gasteiger partial charge >= 0.3 is 5.76 Å². The van der Waals surface area contributed by atoms with E-state index in [0.717, 1.165) is 10.8 Å². The average Bonchev–Trinajstić information content (AvgIpc) is 2.19. The monoisotopic (exact) mass is 189 g/mol. The van der Waals surface area contributed by atoms with Crippen LogP contribution in [0.3, 0.4) is 0 Å². The van der Waals surface area contributed by atoms with Gasteiger partial charge in [0.1, 0.15) is 6.26 Å². The van der Waals surface area contributed by atoms with Gasteiger partial charge in [-0.3, -0.25) is 4.79 Å². The van der Waals surface area contributed by atoms with Gasteiger partial charge in [-0.2, -0.15) is 0 Å². The van der Waals surface area contributed by atoms with Crippen LogP contribution >= 0.6 is 0 Å². The number of aromatic nitrogens is 1. The Bertz CT molecular complexity index is 511. The van der Waals surface area contributed by atoms with E-state index in [0.29, 0.717) is 5.69 Å². The summed E-state index contributed by atoms with van der Waals surface area (Å²) in [5.74, 6) is -0.677. The molecule has 1 heterocycles. The van der Waals surface area contributed by atoms with E-state index in [9.17, 15) is 9.59 Å². The van der Waals surface area contributed by atoms with Gasteiger partial charge in [-0.15, -0.1) is 0 Å². The molecule has 0 aliphatic heterocycles. The second-order valence-corrected chi connectivity index (χ2v) is 2.70. The third-order valence-corrected chi connectivity index (χ3v) is 1.80. The van der Waals surface area contributed by atoms with Crippen molar-refractivity contribution in [3.8, 4) is 5.69 Å². The smallest absolute Gasteiger partial charge is 0.417 e. The van der Waals surface area contributed by atoms with Crippen LogP contribution in [0.2, 0.25) is 0 Å². The van der Waals surface area contributed by atoms with E-state index in [1.165, 1.54) is 6.07 Å². The van der Waals surface area contributed by atoms with Crippen LogP contribution in [-0.2, 0) is 0 Å². The van der Waals surface area contributed by atoms with Crippen molar-refractivity contribution in [2.45, 2.75) is 0 Å². The summed E-state index contributed by atoms with van der Waals surface area (Å²) >= 11 is 0. The quantitative estimate of drug-likeness (QED) is 0.666. The summed E-state index contributed by atoms with van der Waals surface area (Å²) in [5.41, 5.74) is 0.110. The Kier molecular flexibility index (Phi) is 2.02. The van der Waals surface area contributed by atoms with Crippen molar-refractivity contribution >= 4 is 0 Å². The normalized spacial score (nSPS) is 10.0. The van der Waals surface area contributed by atoms with Crippen LogP contribution in [0.4, 0.5) is 0 Å². The molecule has 0 amide bonds. The summed E-state index contributed by atoms with van der Waals surface area (Å²) in [6.45, 7) is 0. The van der Waals surface area contributed by atoms with Gasteiger partial charge in [-0.05, 0) is 12.1 Å². The standard InChI is InChI=1S/C10H7NO3/c12-9-6-7-14-10(13)11(9)8-4-2-1-3-5-8/h1-7H. The van der Waals surface area contributed by atoms with Crippen molar-refractivity contribution in [1.82, 2.24) is 4.57 Å². The number of rotatable bonds is 1. The predicted molar refractivity (Wildman–Crippen MR) is 50.6 cm³/mol. The fourth-order valence-electron chi connectivity index (χ4n) is 1.18. The van der Waals surface area contributed by atoms with Gasteiger partial charge < -0.3 is 4.42 Å². The first-order chi connectivity index (χ1) is 6.79. The average molecular weight is 189 g/mol. The first-order valence-corrected chi connectivity index (χ1v) is 4.05. The first-order valence-electron chi connectivity index (χ1n) is 4.05. The maximum Gasteiger partial charge on any atom is 0.426 e. The van der Waals surface area contributed by atoms with Crippen LogP contribution in [0.15, 0.2) is 56.7 Å². The zero-order valence-electron chi connectivity index (χ0n) is 7.21. The van der Waals surface area contributed by atoms with Crippen LogP contribution in [0.25, 0.3) is 5.69 Å². The van der Waals surface area contributed by atoms with E-state index in [1.807, 2.05) is 0 Å². The number of nitrogens with zero attached hydrogens (tertiary/aromatic N) is 1. The van der Waals surface area contributed by atoms with Gasteiger partial charge in [0.2, 0.25) is 0 Å². The van der Waals surface area contributed by atoms with E-state index in [-0.39, 0.29) is 0 Å². The maximum absolute atomic E-state index is 11.3. The lowest BCUT2D eigenvalue weighted by Crippen LogP contribution is -2.29. The van der Waals surface area contributed by atoms with E-state index in [1.54, 1.807) is 30.3 Å². The molecule has 0 saturated carbocycles. The van der Waals surface area contributed by atoms with Gasteiger partial charge in [0.15, 0.2) is 0 Å². The van der Waals surface area contributed by atoms with Crippen molar-refractivity contribution in [2.24, 2.45) is 0 Å². The Labute approximate surface area is 79.0 Å². The molecule has 0 spiro atoms. The summed E-state index contributed by atoms with van der Waals surface area (Å²) in [7, 11) is 0.